The molecule has 0 spiro atoms. The van der Waals surface area contributed by atoms with E-state index in [1.807, 2.05) is 48.5 Å². The molecule has 150 valence electrons. The van der Waals surface area contributed by atoms with Crippen molar-refractivity contribution in [3.8, 4) is 16.9 Å². The molecule has 0 saturated carbocycles. The second kappa shape index (κ2) is 8.57. The number of hydrogen-bond acceptors (Lipinski definition) is 3. The van der Waals surface area contributed by atoms with Gasteiger partial charge in [0.05, 0.1) is 17.8 Å². The SMILES string of the molecule is CNCC1CCN(C(=O)Cc2cn(-c3ccccc3)nc2-c2ccc(F)cc2)C1. The van der Waals surface area contributed by atoms with Crippen LogP contribution in [0.3, 0.4) is 0 Å². The lowest BCUT2D eigenvalue weighted by Gasteiger charge is -2.16. The zero-order valence-electron chi connectivity index (χ0n) is 16.5. The lowest BCUT2D eigenvalue weighted by Crippen LogP contribution is -2.31. The molecule has 3 aromatic rings. The van der Waals surface area contributed by atoms with E-state index in [9.17, 15) is 9.18 Å². The monoisotopic (exact) mass is 392 g/mol. The number of carbonyl (C=O) groups excluding carboxylic acids is 1. The summed E-state index contributed by atoms with van der Waals surface area (Å²) in [7, 11) is 1.94. The molecule has 0 bridgehead atoms. The van der Waals surface area contributed by atoms with Gasteiger partial charge in [-0.25, -0.2) is 9.07 Å². The third-order valence-corrected chi connectivity index (χ3v) is 5.40. The Morgan fingerprint density at radius 1 is 1.17 bits per heavy atom. The molecule has 2 heterocycles. The first-order valence-electron chi connectivity index (χ1n) is 9.96. The topological polar surface area (TPSA) is 50.2 Å². The fourth-order valence-electron chi connectivity index (χ4n) is 3.89. The number of aromatic nitrogens is 2. The number of likely N-dealkylation sites (tertiary alicyclic amines) is 1. The Morgan fingerprint density at radius 2 is 1.93 bits per heavy atom. The van der Waals surface area contributed by atoms with Crippen LogP contribution < -0.4 is 5.32 Å². The third kappa shape index (κ3) is 4.38. The number of rotatable bonds is 6. The first-order valence-corrected chi connectivity index (χ1v) is 9.96. The molecule has 0 aliphatic carbocycles. The van der Waals surface area contributed by atoms with Crippen LogP contribution >= 0.6 is 0 Å². The average molecular weight is 392 g/mol. The molecule has 1 amide bonds. The van der Waals surface area contributed by atoms with Gasteiger partial charge in [-0.15, -0.1) is 0 Å². The van der Waals surface area contributed by atoms with Crippen molar-refractivity contribution in [1.82, 2.24) is 20.0 Å². The Balaban J connectivity index is 1.62. The van der Waals surface area contributed by atoms with Crippen molar-refractivity contribution in [2.24, 2.45) is 5.92 Å². The van der Waals surface area contributed by atoms with Crippen molar-refractivity contribution in [2.75, 3.05) is 26.7 Å². The molecule has 5 nitrogen and oxygen atoms in total. The van der Waals surface area contributed by atoms with E-state index in [2.05, 4.69) is 5.32 Å². The van der Waals surface area contributed by atoms with Crippen LogP contribution in [0, 0.1) is 11.7 Å². The zero-order valence-corrected chi connectivity index (χ0v) is 16.5. The van der Waals surface area contributed by atoms with Gasteiger partial charge in [0.1, 0.15) is 5.82 Å². The van der Waals surface area contributed by atoms with E-state index in [-0.39, 0.29) is 18.1 Å². The third-order valence-electron chi connectivity index (χ3n) is 5.40. The van der Waals surface area contributed by atoms with Crippen molar-refractivity contribution in [1.29, 1.82) is 0 Å². The van der Waals surface area contributed by atoms with Gasteiger partial charge in [0.15, 0.2) is 0 Å². The molecular weight excluding hydrogens is 367 g/mol. The van der Waals surface area contributed by atoms with E-state index >= 15 is 0 Å². The highest BCUT2D eigenvalue weighted by Crippen LogP contribution is 2.26. The van der Waals surface area contributed by atoms with Crippen molar-refractivity contribution in [2.45, 2.75) is 12.8 Å². The minimum absolute atomic E-state index is 0.111. The van der Waals surface area contributed by atoms with E-state index in [0.717, 1.165) is 42.9 Å². The first kappa shape index (κ1) is 19.3. The molecule has 29 heavy (non-hydrogen) atoms. The lowest BCUT2D eigenvalue weighted by atomic mass is 10.1. The molecular formula is C23H25FN4O. The standard InChI is InChI=1S/C23H25FN4O/c1-25-14-17-11-12-27(15-17)22(29)13-19-16-28(21-5-3-2-4-6-21)26-23(19)18-7-9-20(24)10-8-18/h2-10,16-17,25H,11-15H2,1H3. The summed E-state index contributed by atoms with van der Waals surface area (Å²) in [5.74, 6) is 0.327. The lowest BCUT2D eigenvalue weighted by molar-refractivity contribution is -0.129. The summed E-state index contributed by atoms with van der Waals surface area (Å²) < 4.78 is 15.2. The first-order chi connectivity index (χ1) is 14.1. The fourth-order valence-corrected chi connectivity index (χ4v) is 3.89. The largest absolute Gasteiger partial charge is 0.342 e. The number of amides is 1. The van der Waals surface area contributed by atoms with E-state index in [1.165, 1.54) is 12.1 Å². The van der Waals surface area contributed by atoms with Gasteiger partial charge < -0.3 is 10.2 Å². The second-order valence-corrected chi connectivity index (χ2v) is 7.52. The van der Waals surface area contributed by atoms with Crippen LogP contribution in [0.25, 0.3) is 16.9 Å². The maximum Gasteiger partial charge on any atom is 0.227 e. The number of nitrogens with one attached hydrogen (secondary N) is 1. The van der Waals surface area contributed by atoms with E-state index < -0.39 is 0 Å². The summed E-state index contributed by atoms with van der Waals surface area (Å²) >= 11 is 0. The van der Waals surface area contributed by atoms with Gasteiger partial charge in [0.25, 0.3) is 0 Å². The van der Waals surface area contributed by atoms with E-state index in [1.54, 1.807) is 16.8 Å². The van der Waals surface area contributed by atoms with Crippen LogP contribution in [0.4, 0.5) is 4.39 Å². The maximum absolute atomic E-state index is 13.4. The fraction of sp³-hybridized carbons (Fsp3) is 0.304. The van der Waals surface area contributed by atoms with Crippen molar-refractivity contribution >= 4 is 5.91 Å². The summed E-state index contributed by atoms with van der Waals surface area (Å²) in [5.41, 5.74) is 3.29. The summed E-state index contributed by atoms with van der Waals surface area (Å²) in [6.07, 6.45) is 3.22. The number of carbonyl (C=O) groups is 1. The van der Waals surface area contributed by atoms with E-state index in [4.69, 9.17) is 5.10 Å². The molecule has 1 atom stereocenters. The van der Waals surface area contributed by atoms with Crippen LogP contribution in [-0.4, -0.2) is 47.3 Å². The molecule has 1 saturated heterocycles. The summed E-state index contributed by atoms with van der Waals surface area (Å²) in [6, 6.07) is 16.0. The highest BCUT2D eigenvalue weighted by Gasteiger charge is 2.27. The number of halogens is 1. The Bertz CT molecular complexity index is 968. The van der Waals surface area contributed by atoms with Gasteiger partial charge in [-0.05, 0) is 62.3 Å². The molecule has 1 aromatic heterocycles. The maximum atomic E-state index is 13.4. The highest BCUT2D eigenvalue weighted by molar-refractivity contribution is 5.81. The Morgan fingerprint density at radius 3 is 2.66 bits per heavy atom. The van der Waals surface area contributed by atoms with Crippen LogP contribution in [0.1, 0.15) is 12.0 Å². The number of hydrogen-bond donors (Lipinski definition) is 1. The molecule has 1 aliphatic rings. The van der Waals surface area contributed by atoms with Gasteiger partial charge in [-0.1, -0.05) is 18.2 Å². The smallest absolute Gasteiger partial charge is 0.227 e. The molecule has 1 aliphatic heterocycles. The summed E-state index contributed by atoms with van der Waals surface area (Å²) in [5, 5.41) is 7.91. The Hall–Kier alpha value is -2.99. The molecule has 6 heteroatoms. The summed E-state index contributed by atoms with van der Waals surface area (Å²) in [4.78, 5) is 14.9. The van der Waals surface area contributed by atoms with Gasteiger partial charge in [-0.2, -0.15) is 5.10 Å². The quantitative estimate of drug-likeness (QED) is 0.700. The molecule has 1 fully saturated rings. The second-order valence-electron chi connectivity index (χ2n) is 7.52. The van der Waals surface area contributed by atoms with Crippen LogP contribution in [0.5, 0.6) is 0 Å². The van der Waals surface area contributed by atoms with Crippen LogP contribution in [0.15, 0.2) is 60.8 Å². The summed E-state index contributed by atoms with van der Waals surface area (Å²) in [6.45, 7) is 2.51. The molecule has 4 rings (SSSR count). The highest BCUT2D eigenvalue weighted by atomic mass is 19.1. The van der Waals surface area contributed by atoms with Gasteiger partial charge in [-0.3, -0.25) is 4.79 Å². The Kier molecular flexibility index (Phi) is 5.71. The minimum atomic E-state index is -0.290. The molecule has 1 unspecified atom stereocenters. The van der Waals surface area contributed by atoms with Crippen LogP contribution in [-0.2, 0) is 11.2 Å². The van der Waals surface area contributed by atoms with Gasteiger partial charge in [0, 0.05) is 30.4 Å². The molecule has 0 radical (unpaired) electrons. The van der Waals surface area contributed by atoms with Crippen molar-refractivity contribution in [3.05, 3.63) is 72.2 Å². The van der Waals surface area contributed by atoms with Gasteiger partial charge >= 0.3 is 0 Å². The zero-order chi connectivity index (χ0) is 20.2. The predicted octanol–water partition coefficient (Wildman–Crippen LogP) is 3.29. The number of benzene rings is 2. The average Bonchev–Trinajstić information content (AvgIpc) is 3.37. The normalized spacial score (nSPS) is 16.3. The predicted molar refractivity (Wildman–Crippen MR) is 111 cm³/mol. The van der Waals surface area contributed by atoms with Crippen molar-refractivity contribution in [3.63, 3.8) is 0 Å². The van der Waals surface area contributed by atoms with Crippen LogP contribution in [0.2, 0.25) is 0 Å². The minimum Gasteiger partial charge on any atom is -0.342 e. The number of nitrogens with zero attached hydrogens (tertiary/aromatic N) is 3. The Labute approximate surface area is 170 Å². The van der Waals surface area contributed by atoms with Gasteiger partial charge in [0.2, 0.25) is 5.91 Å². The molecule has 1 N–H and O–H groups in total. The van der Waals surface area contributed by atoms with Crippen molar-refractivity contribution < 1.29 is 9.18 Å². The van der Waals surface area contributed by atoms with E-state index in [0.29, 0.717) is 11.6 Å². The number of para-hydroxylation sites is 1. The molecule has 2 aromatic carbocycles.